The Morgan fingerprint density at radius 1 is 1.02 bits per heavy atom. The Morgan fingerprint density at radius 2 is 1.80 bits per heavy atom. The molecule has 0 bridgehead atoms. The number of nitro groups is 1. The number of sulfonamides is 1. The number of carbonyl (C=O) groups is 1. The number of H-pyrrole nitrogens is 1. The molecule has 0 radical (unpaired) electrons. The van der Waals surface area contributed by atoms with Crippen LogP contribution < -0.4 is 24.6 Å². The lowest BCUT2D eigenvalue weighted by Crippen LogP contribution is -2.47. The van der Waals surface area contributed by atoms with Crippen molar-refractivity contribution >= 4 is 72.6 Å². The number of allylic oxidation sites excluding steroid dienone is 1. The summed E-state index contributed by atoms with van der Waals surface area (Å²) >= 11 is 6.26. The van der Waals surface area contributed by atoms with Crippen molar-refractivity contribution in [3.63, 3.8) is 0 Å². The third-order valence-electron chi connectivity index (χ3n) is 13.0. The first-order chi connectivity index (χ1) is 31.6. The van der Waals surface area contributed by atoms with Crippen LogP contribution in [0.15, 0.2) is 89.5 Å². The van der Waals surface area contributed by atoms with Crippen molar-refractivity contribution in [1.29, 1.82) is 0 Å². The predicted molar refractivity (Wildman–Crippen MR) is 252 cm³/mol. The number of amides is 1. The summed E-state index contributed by atoms with van der Waals surface area (Å²) in [4.78, 5) is 39.8. The largest absolute Gasteiger partial charge is 0.476 e. The van der Waals surface area contributed by atoms with Crippen molar-refractivity contribution in [3.05, 3.63) is 111 Å². The number of nitrogens with one attached hydrogen (secondary N) is 3. The molecule has 1 aliphatic carbocycles. The van der Waals surface area contributed by atoms with E-state index in [-0.39, 0.29) is 29.6 Å². The van der Waals surface area contributed by atoms with E-state index in [0.29, 0.717) is 42.5 Å². The van der Waals surface area contributed by atoms with Crippen molar-refractivity contribution in [2.75, 3.05) is 67.5 Å². The third kappa shape index (κ3) is 9.70. The molecule has 66 heavy (non-hydrogen) atoms. The quantitative estimate of drug-likeness (QED) is 0.0641. The summed E-state index contributed by atoms with van der Waals surface area (Å²) in [7, 11) is -4.66. The van der Waals surface area contributed by atoms with Gasteiger partial charge in [0.1, 0.15) is 23.1 Å². The number of aliphatic hydroxyl groups is 2. The van der Waals surface area contributed by atoms with Gasteiger partial charge in [-0.2, -0.15) is 4.98 Å². The Labute approximate surface area is 387 Å². The van der Waals surface area contributed by atoms with Gasteiger partial charge in [0.05, 0.1) is 33.8 Å². The number of benzene rings is 3. The predicted octanol–water partition coefficient (Wildman–Crippen LogP) is 6.83. The maximum absolute atomic E-state index is 14.4. The van der Waals surface area contributed by atoms with Gasteiger partial charge in [-0.3, -0.25) is 19.8 Å². The van der Waals surface area contributed by atoms with Gasteiger partial charge in [-0.1, -0.05) is 43.2 Å². The molecular weight excluding hydrogens is 888 g/mol. The zero-order valence-corrected chi connectivity index (χ0v) is 38.3. The lowest BCUT2D eigenvalue weighted by atomic mass is 9.72. The number of nitro benzene ring substituents is 1. The van der Waals surface area contributed by atoms with Gasteiger partial charge in [0.2, 0.25) is 5.88 Å². The Hall–Kier alpha value is -5.76. The van der Waals surface area contributed by atoms with Gasteiger partial charge < -0.3 is 39.8 Å². The van der Waals surface area contributed by atoms with Crippen LogP contribution in [0.1, 0.15) is 61.9 Å². The van der Waals surface area contributed by atoms with Crippen LogP contribution in [0.3, 0.4) is 0 Å². The maximum atomic E-state index is 14.4. The highest BCUT2D eigenvalue weighted by Crippen LogP contribution is 2.44. The summed E-state index contributed by atoms with van der Waals surface area (Å²) in [6, 6.07) is 20.6. The number of carbonyl (C=O) groups excluding carboxylic acids is 1. The highest BCUT2D eigenvalue weighted by molar-refractivity contribution is 7.90. The van der Waals surface area contributed by atoms with Crippen LogP contribution in [-0.4, -0.2) is 115 Å². The highest BCUT2D eigenvalue weighted by atomic mass is 35.5. The zero-order valence-electron chi connectivity index (χ0n) is 36.7. The number of halogens is 1. The van der Waals surface area contributed by atoms with Crippen LogP contribution in [-0.2, 0) is 14.8 Å². The second-order valence-corrected chi connectivity index (χ2v) is 20.3. The molecule has 2 saturated heterocycles. The molecule has 4 aliphatic rings. The standard InChI is InChI=1S/C47H53ClN8O9S/c1-47(2)14-12-31(36(26-47)29-4-6-32(48)7-5-29)28-53-17-19-54(20-18-53)33-8-10-35(38(23-33)55-16-3-21-64-46-40(55)22-30-13-15-49-44(30)51-46)45(59)52-66(62,63)34-9-11-37(39(24-34)56(60)61)50-27-42-41(57)25-43(58)65-42/h4-11,13,15,22-24,41-43,50,57-58H,3,12,14,16-21,25-28H2,1-2H3,(H,49,51)(H,52,59). The van der Waals surface area contributed by atoms with Crippen molar-refractivity contribution < 1.29 is 37.8 Å². The monoisotopic (exact) mass is 940 g/mol. The van der Waals surface area contributed by atoms with Gasteiger partial charge in [0.15, 0.2) is 6.29 Å². The van der Waals surface area contributed by atoms with E-state index in [4.69, 9.17) is 26.1 Å². The molecule has 5 N–H and O–H groups in total. The molecular formula is C47H53ClN8O9S. The van der Waals surface area contributed by atoms with Crippen LogP contribution in [0.2, 0.25) is 5.02 Å². The minimum absolute atomic E-state index is 0.0102. The first-order valence-corrected chi connectivity index (χ1v) is 24.0. The number of ether oxygens (including phenoxy) is 2. The van der Waals surface area contributed by atoms with Gasteiger partial charge >= 0.3 is 0 Å². The first-order valence-electron chi connectivity index (χ1n) is 22.2. The lowest BCUT2D eigenvalue weighted by molar-refractivity contribution is -0.384. The molecule has 3 aromatic carbocycles. The van der Waals surface area contributed by atoms with E-state index in [0.717, 1.165) is 80.2 Å². The molecule has 2 aromatic heterocycles. The molecule has 2 fully saturated rings. The van der Waals surface area contributed by atoms with Gasteiger partial charge in [-0.15, -0.1) is 0 Å². The number of hydrogen-bond donors (Lipinski definition) is 5. The smallest absolute Gasteiger partial charge is 0.293 e. The molecule has 348 valence electrons. The fourth-order valence-corrected chi connectivity index (χ4v) is 10.5. The number of hydrogen-bond acceptors (Lipinski definition) is 14. The maximum Gasteiger partial charge on any atom is 0.293 e. The molecule has 19 heteroatoms. The van der Waals surface area contributed by atoms with Crippen molar-refractivity contribution in [2.45, 2.75) is 69.3 Å². The Morgan fingerprint density at radius 3 is 2.55 bits per heavy atom. The number of pyridine rings is 1. The topological polar surface area (TPSA) is 216 Å². The molecule has 5 heterocycles. The molecule has 0 spiro atoms. The molecule has 0 saturated carbocycles. The van der Waals surface area contributed by atoms with Crippen LogP contribution in [0, 0.1) is 15.5 Å². The van der Waals surface area contributed by atoms with E-state index < -0.39 is 49.9 Å². The Kier molecular flexibility index (Phi) is 12.7. The molecule has 9 rings (SSSR count). The number of rotatable bonds is 12. The van der Waals surface area contributed by atoms with E-state index in [1.807, 2.05) is 41.3 Å². The average molecular weight is 942 g/mol. The summed E-state index contributed by atoms with van der Waals surface area (Å²) in [6.07, 6.45) is 2.50. The number of anilines is 4. The van der Waals surface area contributed by atoms with Gasteiger partial charge in [0.25, 0.3) is 21.6 Å². The Balaban J connectivity index is 0.985. The molecule has 3 unspecified atom stereocenters. The van der Waals surface area contributed by atoms with Crippen molar-refractivity contribution in [2.24, 2.45) is 5.41 Å². The molecule has 17 nitrogen and oxygen atoms in total. The second-order valence-electron chi connectivity index (χ2n) is 18.2. The number of piperazine rings is 1. The first kappa shape index (κ1) is 45.4. The summed E-state index contributed by atoms with van der Waals surface area (Å²) in [5.41, 5.74) is 6.30. The SMILES string of the molecule is CC1(C)CCC(CN2CCN(c3ccc(C(=O)NS(=O)(=O)c4ccc(NCC5OC(O)CC5O)c([N+](=O)[O-])c4)c(N4CCCOc5nc6[nH]ccc6cc54)c3)CC2)=C(c2ccc(Cl)cc2)C1. The number of nitrogens with zero attached hydrogens (tertiary/aromatic N) is 5. The number of aromatic amines is 1. The van der Waals surface area contributed by atoms with Crippen LogP contribution in [0.4, 0.5) is 28.4 Å². The number of fused-ring (bicyclic) bond motifs is 2. The molecule has 3 aliphatic heterocycles. The lowest BCUT2D eigenvalue weighted by Gasteiger charge is -2.39. The van der Waals surface area contributed by atoms with E-state index in [1.54, 1.807) is 12.3 Å². The normalized spacial score (nSPS) is 21.3. The van der Waals surface area contributed by atoms with Gasteiger partial charge in [-0.25, -0.2) is 13.1 Å². The van der Waals surface area contributed by atoms with Crippen molar-refractivity contribution in [1.82, 2.24) is 19.6 Å². The van der Waals surface area contributed by atoms with E-state index in [1.165, 1.54) is 22.8 Å². The molecule has 5 aromatic rings. The summed E-state index contributed by atoms with van der Waals surface area (Å²) < 4.78 is 41.4. The fraction of sp³-hybridized carbons (Fsp3) is 0.404. The average Bonchev–Trinajstić information content (AvgIpc) is 3.82. The van der Waals surface area contributed by atoms with E-state index >= 15 is 0 Å². The minimum atomic E-state index is -4.66. The molecule has 3 atom stereocenters. The van der Waals surface area contributed by atoms with Gasteiger partial charge in [-0.05, 0) is 96.8 Å². The number of aromatic nitrogens is 2. The number of aliphatic hydroxyl groups excluding tert-OH is 2. The fourth-order valence-electron chi connectivity index (χ4n) is 9.36. The van der Waals surface area contributed by atoms with Gasteiger partial charge in [0, 0.05) is 80.6 Å². The van der Waals surface area contributed by atoms with Crippen LogP contribution in [0.25, 0.3) is 16.6 Å². The van der Waals surface area contributed by atoms with Crippen LogP contribution >= 0.6 is 11.6 Å². The molecule has 1 amide bonds. The van der Waals surface area contributed by atoms with Crippen LogP contribution in [0.5, 0.6) is 5.88 Å². The summed E-state index contributed by atoms with van der Waals surface area (Å²) in [6.45, 7) is 9.31. The van der Waals surface area contributed by atoms with E-state index in [9.17, 15) is 33.5 Å². The van der Waals surface area contributed by atoms with Crippen molar-refractivity contribution in [3.8, 4) is 5.88 Å². The minimum Gasteiger partial charge on any atom is -0.476 e. The zero-order chi connectivity index (χ0) is 46.3. The second kappa shape index (κ2) is 18.5. The highest BCUT2D eigenvalue weighted by Gasteiger charge is 2.34. The summed E-state index contributed by atoms with van der Waals surface area (Å²) in [5, 5.41) is 36.4. The Bertz CT molecular complexity index is 2790. The van der Waals surface area contributed by atoms with E-state index in [2.05, 4.69) is 50.8 Å². The third-order valence-corrected chi connectivity index (χ3v) is 14.6. The summed E-state index contributed by atoms with van der Waals surface area (Å²) in [5.74, 6) is -0.565.